The fourth-order valence-electron chi connectivity index (χ4n) is 2.48. The highest BCUT2D eigenvalue weighted by atomic mass is 127. The normalized spacial score (nSPS) is 17.4. The first kappa shape index (κ1) is 20.9. The summed E-state index contributed by atoms with van der Waals surface area (Å²) in [5.41, 5.74) is 0. The lowest BCUT2D eigenvalue weighted by Crippen LogP contribution is -2.43. The lowest BCUT2D eigenvalue weighted by Gasteiger charge is -2.32. The van der Waals surface area contributed by atoms with Gasteiger partial charge in [0.05, 0.1) is 6.61 Å². The summed E-state index contributed by atoms with van der Waals surface area (Å²) < 4.78 is 5.13. The molecule has 1 aliphatic rings. The molecule has 0 spiro atoms. The lowest BCUT2D eigenvalue weighted by atomic mass is 9.97. The van der Waals surface area contributed by atoms with Crippen molar-refractivity contribution in [2.24, 2.45) is 10.9 Å². The number of methoxy groups -OCH3 is 1. The van der Waals surface area contributed by atoms with Gasteiger partial charge in [0.25, 0.3) is 0 Å². The van der Waals surface area contributed by atoms with E-state index < -0.39 is 0 Å². The maximum Gasteiger partial charge on any atom is 0.190 e. The van der Waals surface area contributed by atoms with Crippen molar-refractivity contribution >= 4 is 29.9 Å². The Morgan fingerprint density at radius 2 is 2.00 bits per heavy atom. The maximum atomic E-state index is 5.13. The van der Waals surface area contributed by atoms with Crippen molar-refractivity contribution in [2.45, 2.75) is 32.6 Å². The van der Waals surface area contributed by atoms with E-state index in [9.17, 15) is 0 Å². The van der Waals surface area contributed by atoms with Crippen molar-refractivity contribution in [3.05, 3.63) is 0 Å². The zero-order valence-electron chi connectivity index (χ0n) is 13.9. The number of nitrogens with one attached hydrogen (secondary N) is 2. The van der Waals surface area contributed by atoms with E-state index in [1.54, 1.807) is 7.11 Å². The third-order valence-corrected chi connectivity index (χ3v) is 3.92. The summed E-state index contributed by atoms with van der Waals surface area (Å²) >= 11 is 0. The van der Waals surface area contributed by atoms with Gasteiger partial charge in [-0.3, -0.25) is 4.99 Å². The molecule has 1 saturated heterocycles. The molecule has 1 heterocycles. The molecule has 0 saturated carbocycles. The van der Waals surface area contributed by atoms with Crippen LogP contribution in [0.1, 0.15) is 32.6 Å². The van der Waals surface area contributed by atoms with Crippen molar-refractivity contribution in [3.63, 3.8) is 0 Å². The first-order chi connectivity index (χ1) is 9.80. The fraction of sp³-hybridized carbons (Fsp3) is 0.933. The highest BCUT2D eigenvalue weighted by Gasteiger charge is 2.18. The predicted molar refractivity (Wildman–Crippen MR) is 101 cm³/mol. The van der Waals surface area contributed by atoms with Gasteiger partial charge in [0.2, 0.25) is 0 Å². The van der Waals surface area contributed by atoms with Gasteiger partial charge in [-0.2, -0.15) is 0 Å². The number of hydrogen-bond acceptors (Lipinski definition) is 3. The quantitative estimate of drug-likeness (QED) is 0.277. The van der Waals surface area contributed by atoms with Crippen LogP contribution < -0.4 is 10.6 Å². The van der Waals surface area contributed by atoms with E-state index in [0.717, 1.165) is 38.1 Å². The summed E-state index contributed by atoms with van der Waals surface area (Å²) in [6.45, 7) is 8.54. The molecule has 1 aliphatic heterocycles. The van der Waals surface area contributed by atoms with Crippen molar-refractivity contribution in [1.82, 2.24) is 15.5 Å². The molecule has 0 radical (unpaired) electrons. The highest BCUT2D eigenvalue weighted by molar-refractivity contribution is 14.0. The molecule has 21 heavy (non-hydrogen) atoms. The molecule has 0 unspecified atom stereocenters. The zero-order valence-corrected chi connectivity index (χ0v) is 16.2. The molecule has 0 aromatic rings. The monoisotopic (exact) mass is 412 g/mol. The van der Waals surface area contributed by atoms with Crippen LogP contribution in [-0.2, 0) is 4.74 Å². The Balaban J connectivity index is 0.00000400. The number of unbranched alkanes of at least 4 members (excludes halogenated alkanes) is 1. The van der Waals surface area contributed by atoms with Gasteiger partial charge in [0.1, 0.15) is 0 Å². The smallest absolute Gasteiger partial charge is 0.190 e. The van der Waals surface area contributed by atoms with Gasteiger partial charge in [0, 0.05) is 33.8 Å². The van der Waals surface area contributed by atoms with E-state index in [1.165, 1.54) is 38.8 Å². The molecule has 6 heteroatoms. The minimum atomic E-state index is 0. The Kier molecular flexibility index (Phi) is 13.5. The van der Waals surface area contributed by atoms with Crippen LogP contribution in [0.4, 0.5) is 0 Å². The fourth-order valence-corrected chi connectivity index (χ4v) is 2.48. The second kappa shape index (κ2) is 13.6. The second-order valence-corrected chi connectivity index (χ2v) is 5.51. The Bertz CT molecular complexity index is 268. The van der Waals surface area contributed by atoms with Gasteiger partial charge in [-0.05, 0) is 38.3 Å². The van der Waals surface area contributed by atoms with Crippen LogP contribution in [0, 0.1) is 5.92 Å². The van der Waals surface area contributed by atoms with E-state index in [4.69, 9.17) is 4.74 Å². The number of halogens is 1. The number of likely N-dealkylation sites (tertiary alicyclic amines) is 1. The maximum absolute atomic E-state index is 5.13. The SMILES string of the molecule is CCCCNC(=NC)NCC1CCN(CCOC)CC1.I. The first-order valence-electron chi connectivity index (χ1n) is 7.96. The number of ether oxygens (including phenoxy) is 1. The minimum absolute atomic E-state index is 0. The molecule has 0 amide bonds. The summed E-state index contributed by atoms with van der Waals surface area (Å²) in [5, 5.41) is 6.81. The van der Waals surface area contributed by atoms with Gasteiger partial charge < -0.3 is 20.3 Å². The molecule has 0 aliphatic carbocycles. The third-order valence-electron chi connectivity index (χ3n) is 3.92. The molecule has 2 N–H and O–H groups in total. The zero-order chi connectivity index (χ0) is 14.6. The van der Waals surface area contributed by atoms with Gasteiger partial charge >= 0.3 is 0 Å². The van der Waals surface area contributed by atoms with Crippen molar-refractivity contribution < 1.29 is 4.74 Å². The van der Waals surface area contributed by atoms with Gasteiger partial charge in [-0.15, -0.1) is 24.0 Å². The molecule has 0 aromatic carbocycles. The molecule has 1 rings (SSSR count). The van der Waals surface area contributed by atoms with Crippen LogP contribution in [-0.4, -0.2) is 64.3 Å². The van der Waals surface area contributed by atoms with E-state index >= 15 is 0 Å². The van der Waals surface area contributed by atoms with Crippen LogP contribution in [0.3, 0.4) is 0 Å². The van der Waals surface area contributed by atoms with E-state index in [1.807, 2.05) is 7.05 Å². The second-order valence-electron chi connectivity index (χ2n) is 5.51. The number of piperidine rings is 1. The van der Waals surface area contributed by atoms with Crippen molar-refractivity contribution in [1.29, 1.82) is 0 Å². The number of hydrogen-bond donors (Lipinski definition) is 2. The highest BCUT2D eigenvalue weighted by Crippen LogP contribution is 2.15. The number of aliphatic imine (C=N–C) groups is 1. The van der Waals surface area contributed by atoms with Crippen LogP contribution >= 0.6 is 24.0 Å². The van der Waals surface area contributed by atoms with Crippen LogP contribution in [0.15, 0.2) is 4.99 Å². The molecule has 126 valence electrons. The number of nitrogens with zero attached hydrogens (tertiary/aromatic N) is 2. The number of guanidine groups is 1. The van der Waals surface area contributed by atoms with E-state index in [0.29, 0.717) is 0 Å². The molecule has 5 nitrogen and oxygen atoms in total. The molecule has 0 aromatic heterocycles. The Morgan fingerprint density at radius 1 is 1.29 bits per heavy atom. The van der Waals surface area contributed by atoms with E-state index in [2.05, 4.69) is 27.4 Å². The topological polar surface area (TPSA) is 48.9 Å². The van der Waals surface area contributed by atoms with Crippen LogP contribution in [0.2, 0.25) is 0 Å². The minimum Gasteiger partial charge on any atom is -0.383 e. The average molecular weight is 412 g/mol. The summed E-state index contributed by atoms with van der Waals surface area (Å²) in [4.78, 5) is 6.76. The van der Waals surface area contributed by atoms with Crippen molar-refractivity contribution in [3.8, 4) is 0 Å². The third kappa shape index (κ3) is 9.52. The van der Waals surface area contributed by atoms with Gasteiger partial charge in [0.15, 0.2) is 5.96 Å². The summed E-state index contributed by atoms with van der Waals surface area (Å²) in [5.74, 6) is 1.71. The van der Waals surface area contributed by atoms with Crippen LogP contribution in [0.5, 0.6) is 0 Å². The molecule has 0 atom stereocenters. The predicted octanol–water partition coefficient (Wildman–Crippen LogP) is 1.93. The summed E-state index contributed by atoms with van der Waals surface area (Å²) in [6.07, 6.45) is 4.94. The Hall–Kier alpha value is -0.0800. The standard InChI is InChI=1S/C15H32N4O.HI/c1-4-5-8-17-15(16-2)18-13-14-6-9-19(10-7-14)11-12-20-3;/h14H,4-13H2,1-3H3,(H2,16,17,18);1H. The largest absolute Gasteiger partial charge is 0.383 e. The molecular formula is C15H33IN4O. The summed E-state index contributed by atoms with van der Waals surface area (Å²) in [7, 11) is 3.61. The summed E-state index contributed by atoms with van der Waals surface area (Å²) in [6, 6.07) is 0. The molecular weight excluding hydrogens is 379 g/mol. The van der Waals surface area contributed by atoms with E-state index in [-0.39, 0.29) is 24.0 Å². The van der Waals surface area contributed by atoms with Gasteiger partial charge in [-0.1, -0.05) is 13.3 Å². The Labute approximate surface area is 147 Å². The van der Waals surface area contributed by atoms with Crippen LogP contribution in [0.25, 0.3) is 0 Å². The average Bonchev–Trinajstić information content (AvgIpc) is 2.49. The first-order valence-corrected chi connectivity index (χ1v) is 7.96. The Morgan fingerprint density at radius 3 is 2.57 bits per heavy atom. The lowest BCUT2D eigenvalue weighted by molar-refractivity contribution is 0.121. The molecule has 0 bridgehead atoms. The van der Waals surface area contributed by atoms with Crippen molar-refractivity contribution in [2.75, 3.05) is 53.5 Å². The van der Waals surface area contributed by atoms with Gasteiger partial charge in [-0.25, -0.2) is 0 Å². The number of rotatable bonds is 8. The molecule has 1 fully saturated rings.